The number of pyridine rings is 1. The normalized spacial score (nSPS) is 11.4. The van der Waals surface area contributed by atoms with E-state index >= 15 is 0 Å². The molecule has 0 aliphatic heterocycles. The molecule has 0 bridgehead atoms. The van der Waals surface area contributed by atoms with Crippen molar-refractivity contribution in [1.82, 2.24) is 4.98 Å². The number of para-hydroxylation sites is 1. The van der Waals surface area contributed by atoms with Crippen molar-refractivity contribution in [2.45, 2.75) is 12.7 Å². The Labute approximate surface area is 146 Å². The molecule has 0 aliphatic carbocycles. The van der Waals surface area contributed by atoms with E-state index in [0.717, 1.165) is 12.1 Å². The highest BCUT2D eigenvalue weighted by atomic mass is 19.4. The Hall–Kier alpha value is -3.09. The van der Waals surface area contributed by atoms with Crippen LogP contribution in [0.1, 0.15) is 11.1 Å². The minimum absolute atomic E-state index is 0.150. The van der Waals surface area contributed by atoms with E-state index in [9.17, 15) is 22.4 Å². The highest BCUT2D eigenvalue weighted by Gasteiger charge is 2.34. The summed E-state index contributed by atoms with van der Waals surface area (Å²) in [5, 5.41) is 0. The smallest absolute Gasteiger partial charge is 0.337 e. The molecule has 0 atom stereocenters. The van der Waals surface area contributed by atoms with Gasteiger partial charge >= 0.3 is 6.18 Å². The van der Waals surface area contributed by atoms with Gasteiger partial charge in [-0.3, -0.25) is 4.79 Å². The molecule has 7 heteroatoms. The SMILES string of the molecule is O=c1cc(CN(c2ccccc2)c2ccc(F)c(C(F)(F)F)c2)cc[nH]1. The van der Waals surface area contributed by atoms with Gasteiger partial charge in [-0.25, -0.2) is 4.39 Å². The molecule has 0 unspecified atom stereocenters. The van der Waals surface area contributed by atoms with Gasteiger partial charge in [-0.05, 0) is 42.0 Å². The first kappa shape index (κ1) is 17.7. The molecule has 0 saturated carbocycles. The van der Waals surface area contributed by atoms with Crippen molar-refractivity contribution < 1.29 is 17.6 Å². The summed E-state index contributed by atoms with van der Waals surface area (Å²) in [6.45, 7) is 0.150. The highest BCUT2D eigenvalue weighted by molar-refractivity contribution is 5.64. The first-order chi connectivity index (χ1) is 12.3. The van der Waals surface area contributed by atoms with Gasteiger partial charge in [0.15, 0.2) is 0 Å². The van der Waals surface area contributed by atoms with Crippen LogP contribution in [0.15, 0.2) is 71.7 Å². The van der Waals surface area contributed by atoms with E-state index in [1.165, 1.54) is 18.3 Å². The quantitative estimate of drug-likeness (QED) is 0.672. The van der Waals surface area contributed by atoms with Crippen LogP contribution < -0.4 is 10.5 Å². The van der Waals surface area contributed by atoms with Gasteiger partial charge in [-0.2, -0.15) is 13.2 Å². The van der Waals surface area contributed by atoms with E-state index in [1.54, 1.807) is 41.3 Å². The first-order valence-electron chi connectivity index (χ1n) is 7.71. The lowest BCUT2D eigenvalue weighted by Crippen LogP contribution is -2.19. The van der Waals surface area contributed by atoms with Crippen molar-refractivity contribution in [3.05, 3.63) is 94.2 Å². The Kier molecular flexibility index (Phi) is 4.79. The van der Waals surface area contributed by atoms with E-state index in [4.69, 9.17) is 0 Å². The third-order valence-corrected chi connectivity index (χ3v) is 3.82. The molecule has 3 rings (SSSR count). The second kappa shape index (κ2) is 7.03. The number of nitrogens with zero attached hydrogens (tertiary/aromatic N) is 1. The van der Waals surface area contributed by atoms with Crippen LogP contribution in [0.5, 0.6) is 0 Å². The number of aromatic nitrogens is 1. The van der Waals surface area contributed by atoms with Crippen LogP contribution in [-0.2, 0) is 12.7 Å². The molecule has 3 aromatic rings. The van der Waals surface area contributed by atoms with Gasteiger partial charge in [0.1, 0.15) is 5.82 Å². The van der Waals surface area contributed by atoms with Crippen LogP contribution in [0.25, 0.3) is 0 Å². The van der Waals surface area contributed by atoms with Gasteiger partial charge in [0.05, 0.1) is 5.56 Å². The molecule has 0 radical (unpaired) electrons. The van der Waals surface area contributed by atoms with E-state index in [2.05, 4.69) is 4.98 Å². The van der Waals surface area contributed by atoms with E-state index in [1.807, 2.05) is 0 Å². The van der Waals surface area contributed by atoms with Gasteiger partial charge in [-0.15, -0.1) is 0 Å². The van der Waals surface area contributed by atoms with Crippen molar-refractivity contribution in [3.8, 4) is 0 Å². The number of H-pyrrole nitrogens is 1. The van der Waals surface area contributed by atoms with E-state index < -0.39 is 17.6 Å². The van der Waals surface area contributed by atoms with Gasteiger partial charge in [0, 0.05) is 30.2 Å². The number of halogens is 4. The van der Waals surface area contributed by atoms with E-state index in [0.29, 0.717) is 11.3 Å². The fourth-order valence-electron chi connectivity index (χ4n) is 2.61. The van der Waals surface area contributed by atoms with Crippen molar-refractivity contribution in [3.63, 3.8) is 0 Å². The summed E-state index contributed by atoms with van der Waals surface area (Å²) in [5.74, 6) is -1.33. The van der Waals surface area contributed by atoms with Crippen LogP contribution >= 0.6 is 0 Å². The van der Waals surface area contributed by atoms with Crippen molar-refractivity contribution in [1.29, 1.82) is 0 Å². The van der Waals surface area contributed by atoms with Crippen LogP contribution in [0.4, 0.5) is 28.9 Å². The Balaban J connectivity index is 2.08. The number of alkyl halides is 3. The number of nitrogens with one attached hydrogen (secondary N) is 1. The summed E-state index contributed by atoms with van der Waals surface area (Å²) in [6, 6.07) is 14.6. The number of aromatic amines is 1. The molecular weight excluding hydrogens is 348 g/mol. The minimum atomic E-state index is -4.80. The lowest BCUT2D eigenvalue weighted by atomic mass is 10.1. The summed E-state index contributed by atoms with van der Waals surface area (Å²) in [6.07, 6.45) is -3.33. The van der Waals surface area contributed by atoms with Crippen LogP contribution in [0, 0.1) is 5.82 Å². The van der Waals surface area contributed by atoms with Crippen molar-refractivity contribution >= 4 is 11.4 Å². The molecule has 2 aromatic carbocycles. The lowest BCUT2D eigenvalue weighted by molar-refractivity contribution is -0.139. The molecule has 1 N–H and O–H groups in total. The average Bonchev–Trinajstić information content (AvgIpc) is 2.60. The topological polar surface area (TPSA) is 36.1 Å². The first-order valence-corrected chi connectivity index (χ1v) is 7.71. The maximum Gasteiger partial charge on any atom is 0.419 e. The lowest BCUT2D eigenvalue weighted by Gasteiger charge is -2.26. The summed E-state index contributed by atoms with van der Waals surface area (Å²) in [4.78, 5) is 15.6. The fraction of sp³-hybridized carbons (Fsp3) is 0.105. The molecule has 1 aromatic heterocycles. The summed E-state index contributed by atoms with van der Waals surface area (Å²) in [5.41, 5.74) is -0.249. The Morgan fingerprint density at radius 3 is 2.31 bits per heavy atom. The van der Waals surface area contributed by atoms with Crippen LogP contribution in [0.3, 0.4) is 0 Å². The second-order valence-corrected chi connectivity index (χ2v) is 5.64. The summed E-state index contributed by atoms with van der Waals surface area (Å²) >= 11 is 0. The molecule has 0 amide bonds. The molecular formula is C19H14F4N2O. The Bertz CT molecular complexity index is 951. The fourth-order valence-corrected chi connectivity index (χ4v) is 2.61. The zero-order valence-corrected chi connectivity index (χ0v) is 13.4. The maximum absolute atomic E-state index is 13.6. The largest absolute Gasteiger partial charge is 0.419 e. The monoisotopic (exact) mass is 362 g/mol. The molecule has 0 aliphatic rings. The zero-order valence-electron chi connectivity index (χ0n) is 13.4. The summed E-state index contributed by atoms with van der Waals surface area (Å²) < 4.78 is 52.8. The number of hydrogen-bond donors (Lipinski definition) is 1. The molecule has 0 spiro atoms. The third-order valence-electron chi connectivity index (χ3n) is 3.82. The predicted octanol–water partition coefficient (Wildman–Crippen LogP) is 4.87. The number of benzene rings is 2. The standard InChI is InChI=1S/C19H14F4N2O/c20-17-7-6-15(11-16(17)19(21,22)23)25(14-4-2-1-3-5-14)12-13-8-9-24-18(26)10-13/h1-11H,12H2,(H,24,26). The van der Waals surface area contributed by atoms with Crippen LogP contribution in [-0.4, -0.2) is 4.98 Å². The zero-order chi connectivity index (χ0) is 18.7. The summed E-state index contributed by atoms with van der Waals surface area (Å²) in [7, 11) is 0. The maximum atomic E-state index is 13.6. The number of anilines is 2. The molecule has 134 valence electrons. The minimum Gasteiger partial charge on any atom is -0.337 e. The van der Waals surface area contributed by atoms with Crippen LogP contribution in [0.2, 0.25) is 0 Å². The molecule has 1 heterocycles. The molecule has 26 heavy (non-hydrogen) atoms. The third kappa shape index (κ3) is 3.93. The molecule has 3 nitrogen and oxygen atoms in total. The predicted molar refractivity (Wildman–Crippen MR) is 90.7 cm³/mol. The Morgan fingerprint density at radius 2 is 1.65 bits per heavy atom. The average molecular weight is 362 g/mol. The van der Waals surface area contributed by atoms with Crippen molar-refractivity contribution in [2.75, 3.05) is 4.90 Å². The van der Waals surface area contributed by atoms with Gasteiger partial charge in [0.2, 0.25) is 5.56 Å². The Morgan fingerprint density at radius 1 is 0.923 bits per heavy atom. The molecule has 0 saturated heterocycles. The van der Waals surface area contributed by atoms with Gasteiger partial charge < -0.3 is 9.88 Å². The number of rotatable bonds is 4. The van der Waals surface area contributed by atoms with Gasteiger partial charge in [-0.1, -0.05) is 18.2 Å². The van der Waals surface area contributed by atoms with Gasteiger partial charge in [0.25, 0.3) is 0 Å². The van der Waals surface area contributed by atoms with Crippen molar-refractivity contribution in [2.24, 2.45) is 0 Å². The molecule has 0 fully saturated rings. The number of hydrogen-bond acceptors (Lipinski definition) is 2. The highest BCUT2D eigenvalue weighted by Crippen LogP contribution is 2.36. The second-order valence-electron chi connectivity index (χ2n) is 5.64. The van der Waals surface area contributed by atoms with E-state index in [-0.39, 0.29) is 17.8 Å².